The molecule has 180 valence electrons. The molecule has 0 aromatic heterocycles. The molecule has 1 saturated heterocycles. The van der Waals surface area contributed by atoms with Crippen LogP contribution in [-0.4, -0.2) is 38.2 Å². The standard InChI is InChI=1S/C27H29F3N2O2/c1-33-25-18-22(11-12-24(25)34-19-20-7-3-2-4-8-20)26(32-15-6-13-31-14-16-32)21-9-5-10-23(17-21)27(28,29)30/h2-5,7-12,17-18,26,31H,6,13-16,19H2,1H3. The van der Waals surface area contributed by atoms with Gasteiger partial charge < -0.3 is 14.8 Å². The predicted molar refractivity (Wildman–Crippen MR) is 126 cm³/mol. The van der Waals surface area contributed by atoms with E-state index in [0.29, 0.717) is 23.7 Å². The number of benzene rings is 3. The maximum absolute atomic E-state index is 13.5. The van der Waals surface area contributed by atoms with Crippen LogP contribution < -0.4 is 14.8 Å². The van der Waals surface area contributed by atoms with Gasteiger partial charge in [0, 0.05) is 19.6 Å². The molecule has 4 rings (SSSR count). The van der Waals surface area contributed by atoms with Gasteiger partial charge in [-0.25, -0.2) is 0 Å². The molecule has 1 unspecified atom stereocenters. The lowest BCUT2D eigenvalue weighted by Gasteiger charge is -2.32. The molecule has 1 N–H and O–H groups in total. The average Bonchev–Trinajstić information content (AvgIpc) is 3.13. The van der Waals surface area contributed by atoms with Crippen molar-refractivity contribution in [3.63, 3.8) is 0 Å². The second-order valence-corrected chi connectivity index (χ2v) is 8.35. The Morgan fingerprint density at radius 2 is 1.68 bits per heavy atom. The monoisotopic (exact) mass is 470 g/mol. The van der Waals surface area contributed by atoms with Gasteiger partial charge in [0.1, 0.15) is 6.61 Å². The van der Waals surface area contributed by atoms with Gasteiger partial charge in [-0.3, -0.25) is 4.90 Å². The van der Waals surface area contributed by atoms with Crippen molar-refractivity contribution in [2.75, 3.05) is 33.3 Å². The maximum atomic E-state index is 13.5. The number of nitrogens with zero attached hydrogens (tertiary/aromatic N) is 1. The molecule has 34 heavy (non-hydrogen) atoms. The second-order valence-electron chi connectivity index (χ2n) is 8.35. The van der Waals surface area contributed by atoms with Crippen LogP contribution in [-0.2, 0) is 12.8 Å². The summed E-state index contributed by atoms with van der Waals surface area (Å²) in [7, 11) is 1.57. The first-order chi connectivity index (χ1) is 16.5. The van der Waals surface area contributed by atoms with Crippen LogP contribution in [0.3, 0.4) is 0 Å². The van der Waals surface area contributed by atoms with Crippen LogP contribution in [0.5, 0.6) is 11.5 Å². The zero-order valence-corrected chi connectivity index (χ0v) is 19.1. The molecule has 1 aliphatic rings. The molecule has 1 aliphatic heterocycles. The van der Waals surface area contributed by atoms with Gasteiger partial charge >= 0.3 is 6.18 Å². The highest BCUT2D eigenvalue weighted by atomic mass is 19.4. The fourth-order valence-electron chi connectivity index (χ4n) is 4.33. The molecule has 0 amide bonds. The normalized spacial score (nSPS) is 16.0. The Bertz CT molecular complexity index is 1060. The Kier molecular flexibility index (Phi) is 7.75. The Morgan fingerprint density at radius 1 is 0.882 bits per heavy atom. The van der Waals surface area contributed by atoms with E-state index >= 15 is 0 Å². The second kappa shape index (κ2) is 10.9. The third kappa shape index (κ3) is 5.90. The van der Waals surface area contributed by atoms with E-state index in [4.69, 9.17) is 9.47 Å². The van der Waals surface area contributed by atoms with Crippen molar-refractivity contribution in [1.82, 2.24) is 10.2 Å². The molecule has 1 heterocycles. The summed E-state index contributed by atoms with van der Waals surface area (Å²) in [6.45, 7) is 3.58. The molecule has 0 bridgehead atoms. The number of alkyl halides is 3. The minimum Gasteiger partial charge on any atom is -0.493 e. The molecule has 1 atom stereocenters. The van der Waals surface area contributed by atoms with Crippen molar-refractivity contribution in [2.24, 2.45) is 0 Å². The van der Waals surface area contributed by atoms with E-state index in [1.165, 1.54) is 12.1 Å². The fourth-order valence-corrected chi connectivity index (χ4v) is 4.33. The molecule has 7 heteroatoms. The molecule has 0 radical (unpaired) electrons. The fraction of sp³-hybridized carbons (Fsp3) is 0.333. The van der Waals surface area contributed by atoms with Crippen LogP contribution in [0, 0.1) is 0 Å². The quantitative estimate of drug-likeness (QED) is 0.482. The first-order valence-corrected chi connectivity index (χ1v) is 11.4. The van der Waals surface area contributed by atoms with E-state index in [2.05, 4.69) is 10.2 Å². The molecule has 4 nitrogen and oxygen atoms in total. The molecule has 1 fully saturated rings. The van der Waals surface area contributed by atoms with E-state index in [-0.39, 0.29) is 6.04 Å². The van der Waals surface area contributed by atoms with Crippen molar-refractivity contribution in [3.05, 3.63) is 95.1 Å². The van der Waals surface area contributed by atoms with Crippen molar-refractivity contribution < 1.29 is 22.6 Å². The van der Waals surface area contributed by atoms with Crippen LogP contribution in [0.15, 0.2) is 72.8 Å². The zero-order chi connectivity index (χ0) is 24.0. The smallest absolute Gasteiger partial charge is 0.416 e. The lowest BCUT2D eigenvalue weighted by atomic mass is 9.94. The van der Waals surface area contributed by atoms with Crippen LogP contribution in [0.2, 0.25) is 0 Å². The molecule has 0 aliphatic carbocycles. The van der Waals surface area contributed by atoms with Crippen LogP contribution in [0.4, 0.5) is 13.2 Å². The average molecular weight is 471 g/mol. The van der Waals surface area contributed by atoms with Crippen molar-refractivity contribution in [1.29, 1.82) is 0 Å². The van der Waals surface area contributed by atoms with E-state index < -0.39 is 11.7 Å². The molecular weight excluding hydrogens is 441 g/mol. The van der Waals surface area contributed by atoms with Gasteiger partial charge in [-0.05, 0) is 53.9 Å². The Balaban J connectivity index is 1.68. The number of hydrogen-bond donors (Lipinski definition) is 1. The first kappa shape index (κ1) is 24.1. The molecule has 0 saturated carbocycles. The largest absolute Gasteiger partial charge is 0.493 e. The van der Waals surface area contributed by atoms with Gasteiger partial charge in [-0.15, -0.1) is 0 Å². The number of nitrogens with one attached hydrogen (secondary N) is 1. The molecule has 3 aromatic carbocycles. The highest BCUT2D eigenvalue weighted by Crippen LogP contribution is 2.38. The van der Waals surface area contributed by atoms with Gasteiger partial charge in [0.05, 0.1) is 18.7 Å². The molecule has 3 aromatic rings. The minimum absolute atomic E-state index is 0.334. The maximum Gasteiger partial charge on any atom is 0.416 e. The van der Waals surface area contributed by atoms with E-state index in [0.717, 1.165) is 49.8 Å². The predicted octanol–water partition coefficient (Wildman–Crippen LogP) is 5.68. The van der Waals surface area contributed by atoms with Crippen LogP contribution in [0.25, 0.3) is 0 Å². The van der Waals surface area contributed by atoms with Gasteiger partial charge in [0.2, 0.25) is 0 Å². The van der Waals surface area contributed by atoms with Crippen molar-refractivity contribution in [2.45, 2.75) is 25.2 Å². The van der Waals surface area contributed by atoms with E-state index in [1.54, 1.807) is 13.2 Å². The number of halogens is 3. The Morgan fingerprint density at radius 3 is 2.44 bits per heavy atom. The number of methoxy groups -OCH3 is 1. The summed E-state index contributed by atoms with van der Waals surface area (Å²) < 4.78 is 52.0. The molecule has 0 spiro atoms. The van der Waals surface area contributed by atoms with Gasteiger partial charge in [-0.1, -0.05) is 48.5 Å². The van der Waals surface area contributed by atoms with Crippen LogP contribution in [0.1, 0.15) is 34.7 Å². The van der Waals surface area contributed by atoms with E-state index in [9.17, 15) is 13.2 Å². The summed E-state index contributed by atoms with van der Waals surface area (Å²) in [6, 6.07) is 20.8. The Labute approximate surface area is 198 Å². The Hall–Kier alpha value is -3.03. The van der Waals surface area contributed by atoms with Crippen molar-refractivity contribution in [3.8, 4) is 11.5 Å². The summed E-state index contributed by atoms with van der Waals surface area (Å²) >= 11 is 0. The number of ether oxygens (including phenoxy) is 2. The lowest BCUT2D eigenvalue weighted by Crippen LogP contribution is -2.33. The number of rotatable bonds is 7. The summed E-state index contributed by atoms with van der Waals surface area (Å²) in [5.41, 5.74) is 1.87. The van der Waals surface area contributed by atoms with Gasteiger partial charge in [-0.2, -0.15) is 13.2 Å². The highest BCUT2D eigenvalue weighted by Gasteiger charge is 2.32. The number of hydrogen-bond acceptors (Lipinski definition) is 4. The molecular formula is C27H29F3N2O2. The SMILES string of the molecule is COc1cc(C(c2cccc(C(F)(F)F)c2)N2CCCNCC2)ccc1OCc1ccccc1. The zero-order valence-electron chi connectivity index (χ0n) is 19.1. The summed E-state index contributed by atoms with van der Waals surface area (Å²) in [5.74, 6) is 1.15. The third-order valence-electron chi connectivity index (χ3n) is 6.01. The van der Waals surface area contributed by atoms with Crippen LogP contribution >= 0.6 is 0 Å². The minimum atomic E-state index is -4.40. The summed E-state index contributed by atoms with van der Waals surface area (Å²) in [6.07, 6.45) is -3.47. The summed E-state index contributed by atoms with van der Waals surface area (Å²) in [5, 5.41) is 3.37. The first-order valence-electron chi connectivity index (χ1n) is 11.4. The third-order valence-corrected chi connectivity index (χ3v) is 6.01. The van der Waals surface area contributed by atoms with Gasteiger partial charge in [0.15, 0.2) is 11.5 Å². The van der Waals surface area contributed by atoms with Gasteiger partial charge in [0.25, 0.3) is 0 Å². The summed E-state index contributed by atoms with van der Waals surface area (Å²) in [4.78, 5) is 2.23. The van der Waals surface area contributed by atoms with Crippen molar-refractivity contribution >= 4 is 0 Å². The van der Waals surface area contributed by atoms with E-state index in [1.807, 2.05) is 48.5 Å². The topological polar surface area (TPSA) is 33.7 Å². The lowest BCUT2D eigenvalue weighted by molar-refractivity contribution is -0.137. The highest BCUT2D eigenvalue weighted by molar-refractivity contribution is 5.46.